The molecule has 3 rings (SSSR count). The van der Waals surface area contributed by atoms with Gasteiger partial charge in [0.15, 0.2) is 0 Å². The molecule has 0 aliphatic rings. The lowest BCUT2D eigenvalue weighted by Gasteiger charge is -2.11. The fourth-order valence-electron chi connectivity index (χ4n) is 2.55. The van der Waals surface area contributed by atoms with Crippen LogP contribution in [-0.4, -0.2) is 31.9 Å². The molecule has 1 atom stereocenters. The molecule has 8 nitrogen and oxygen atoms in total. The van der Waals surface area contributed by atoms with Crippen LogP contribution in [0.2, 0.25) is 0 Å². The highest BCUT2D eigenvalue weighted by Crippen LogP contribution is 2.30. The van der Waals surface area contributed by atoms with Crippen LogP contribution in [0.15, 0.2) is 30.9 Å². The van der Waals surface area contributed by atoms with Gasteiger partial charge in [-0.3, -0.25) is 4.79 Å². The second kappa shape index (κ2) is 5.73. The number of hydrogen-bond acceptors (Lipinski definition) is 5. The molecule has 23 heavy (non-hydrogen) atoms. The van der Waals surface area contributed by atoms with Crippen molar-refractivity contribution < 1.29 is 9.53 Å². The number of ether oxygens (including phenoxy) is 1. The van der Waals surface area contributed by atoms with E-state index < -0.39 is 5.91 Å². The monoisotopic (exact) mass is 314 g/mol. The van der Waals surface area contributed by atoms with Crippen LogP contribution in [0.25, 0.3) is 16.6 Å². The zero-order valence-electron chi connectivity index (χ0n) is 12.9. The van der Waals surface area contributed by atoms with Crippen molar-refractivity contribution in [2.75, 3.05) is 12.3 Å². The van der Waals surface area contributed by atoms with Gasteiger partial charge in [0, 0.05) is 23.9 Å². The van der Waals surface area contributed by atoms with E-state index in [4.69, 9.17) is 16.2 Å². The van der Waals surface area contributed by atoms with Crippen molar-refractivity contribution in [3.63, 3.8) is 0 Å². The summed E-state index contributed by atoms with van der Waals surface area (Å²) in [6.45, 7) is 4.40. The highest BCUT2D eigenvalue weighted by Gasteiger charge is 2.18. The number of anilines is 1. The number of nitrogens with two attached hydrogens (primary N) is 2. The Morgan fingerprint density at radius 1 is 1.35 bits per heavy atom. The van der Waals surface area contributed by atoms with Gasteiger partial charge in [-0.15, -0.1) is 0 Å². The molecular formula is C15H18N6O2. The van der Waals surface area contributed by atoms with Crippen LogP contribution >= 0.6 is 0 Å². The number of carbonyl (C=O) groups is 1. The van der Waals surface area contributed by atoms with Gasteiger partial charge in [-0.05, 0) is 19.9 Å². The lowest BCUT2D eigenvalue weighted by molar-refractivity contribution is 0.0160. The fourth-order valence-corrected chi connectivity index (χ4v) is 2.55. The summed E-state index contributed by atoms with van der Waals surface area (Å²) in [5.41, 5.74) is 14.3. The summed E-state index contributed by atoms with van der Waals surface area (Å²) in [5.74, 6) is -0.555. The number of carbonyl (C=O) groups excluding carboxylic acids is 1. The van der Waals surface area contributed by atoms with Gasteiger partial charge in [0.25, 0.3) is 5.91 Å². The molecule has 0 spiro atoms. The summed E-state index contributed by atoms with van der Waals surface area (Å²) in [6, 6.07) is 1.75. The third-order valence-electron chi connectivity index (χ3n) is 3.59. The largest absolute Gasteiger partial charge is 0.397 e. The van der Waals surface area contributed by atoms with Crippen molar-refractivity contribution in [1.82, 2.24) is 19.4 Å². The van der Waals surface area contributed by atoms with Gasteiger partial charge in [-0.2, -0.15) is 10.2 Å². The second-order valence-electron chi connectivity index (χ2n) is 5.16. The third kappa shape index (κ3) is 2.64. The average molecular weight is 314 g/mol. The highest BCUT2D eigenvalue weighted by molar-refractivity contribution is 6.03. The van der Waals surface area contributed by atoms with Crippen LogP contribution in [0.3, 0.4) is 0 Å². The maximum atomic E-state index is 11.8. The SMILES string of the molecule is CCOC(C)n1cc(-c2c(C(N)=O)cnn3cc(N)cc23)cn1. The molecule has 0 fully saturated rings. The van der Waals surface area contributed by atoms with Crippen LogP contribution in [0.1, 0.15) is 30.4 Å². The van der Waals surface area contributed by atoms with E-state index in [0.717, 1.165) is 5.56 Å². The molecule has 120 valence electrons. The van der Waals surface area contributed by atoms with E-state index in [1.165, 1.54) is 6.20 Å². The fraction of sp³-hybridized carbons (Fsp3) is 0.267. The average Bonchev–Trinajstić information content (AvgIpc) is 3.11. The molecule has 8 heteroatoms. The van der Waals surface area contributed by atoms with Crippen LogP contribution in [0.5, 0.6) is 0 Å². The van der Waals surface area contributed by atoms with E-state index in [2.05, 4.69) is 10.2 Å². The number of amides is 1. The molecule has 0 saturated heterocycles. The van der Waals surface area contributed by atoms with Crippen molar-refractivity contribution >= 4 is 17.1 Å². The van der Waals surface area contributed by atoms with Gasteiger partial charge < -0.3 is 16.2 Å². The molecular weight excluding hydrogens is 296 g/mol. The molecule has 1 unspecified atom stereocenters. The van der Waals surface area contributed by atoms with E-state index >= 15 is 0 Å². The van der Waals surface area contributed by atoms with Gasteiger partial charge in [0.2, 0.25) is 0 Å². The predicted molar refractivity (Wildman–Crippen MR) is 85.7 cm³/mol. The summed E-state index contributed by atoms with van der Waals surface area (Å²) in [6.07, 6.45) is 6.39. The van der Waals surface area contributed by atoms with E-state index in [0.29, 0.717) is 28.9 Å². The predicted octanol–water partition coefficient (Wildman–Crippen LogP) is 1.43. The molecule has 0 aliphatic heterocycles. The van der Waals surface area contributed by atoms with Gasteiger partial charge in [0.05, 0.1) is 35.4 Å². The Kier molecular flexibility index (Phi) is 3.75. The summed E-state index contributed by atoms with van der Waals surface area (Å²) in [5, 5.41) is 8.47. The van der Waals surface area contributed by atoms with Gasteiger partial charge in [-0.1, -0.05) is 0 Å². The third-order valence-corrected chi connectivity index (χ3v) is 3.59. The van der Waals surface area contributed by atoms with Gasteiger partial charge in [-0.25, -0.2) is 9.20 Å². The Hall–Kier alpha value is -2.87. The number of rotatable bonds is 5. The molecule has 4 N–H and O–H groups in total. The topological polar surface area (TPSA) is 113 Å². The number of aromatic nitrogens is 4. The lowest BCUT2D eigenvalue weighted by atomic mass is 10.0. The van der Waals surface area contributed by atoms with Crippen LogP contribution in [0.4, 0.5) is 5.69 Å². The molecule has 3 aromatic heterocycles. The molecule has 0 radical (unpaired) electrons. The standard InChI is InChI=1S/C15H18N6O2/c1-3-23-9(2)20-7-10(5-18-20)14-12(15(17)22)6-19-21-8-11(16)4-13(14)21/h4-9H,3,16H2,1-2H3,(H2,17,22). The number of primary amides is 1. The first-order valence-electron chi connectivity index (χ1n) is 7.24. The highest BCUT2D eigenvalue weighted by atomic mass is 16.5. The van der Waals surface area contributed by atoms with Crippen LogP contribution in [0, 0.1) is 0 Å². The Morgan fingerprint density at radius 2 is 2.13 bits per heavy atom. The van der Waals surface area contributed by atoms with Crippen LogP contribution in [-0.2, 0) is 4.74 Å². The molecule has 3 aromatic rings. The van der Waals surface area contributed by atoms with Crippen molar-refractivity contribution in [3.05, 3.63) is 36.4 Å². The molecule has 3 heterocycles. The zero-order chi connectivity index (χ0) is 16.6. The van der Waals surface area contributed by atoms with E-state index in [9.17, 15) is 4.79 Å². The zero-order valence-corrected chi connectivity index (χ0v) is 12.9. The van der Waals surface area contributed by atoms with Crippen molar-refractivity contribution in [3.8, 4) is 11.1 Å². The summed E-state index contributed by atoms with van der Waals surface area (Å²) in [7, 11) is 0. The number of fused-ring (bicyclic) bond motifs is 1. The lowest BCUT2D eigenvalue weighted by Crippen LogP contribution is -2.14. The smallest absolute Gasteiger partial charge is 0.251 e. The molecule has 0 aromatic carbocycles. The Balaban J connectivity index is 2.18. The maximum absolute atomic E-state index is 11.8. The quantitative estimate of drug-likeness (QED) is 0.739. The Morgan fingerprint density at radius 3 is 2.83 bits per heavy atom. The minimum atomic E-state index is -0.555. The minimum absolute atomic E-state index is 0.208. The minimum Gasteiger partial charge on any atom is -0.397 e. The molecule has 0 aliphatic carbocycles. The van der Waals surface area contributed by atoms with Crippen molar-refractivity contribution in [1.29, 1.82) is 0 Å². The van der Waals surface area contributed by atoms with Gasteiger partial charge >= 0.3 is 0 Å². The van der Waals surface area contributed by atoms with Crippen molar-refractivity contribution in [2.45, 2.75) is 20.1 Å². The summed E-state index contributed by atoms with van der Waals surface area (Å²) in [4.78, 5) is 11.8. The molecule has 1 amide bonds. The maximum Gasteiger partial charge on any atom is 0.251 e. The molecule has 0 bridgehead atoms. The Labute approximate surface area is 132 Å². The summed E-state index contributed by atoms with van der Waals surface area (Å²) < 4.78 is 8.82. The Bertz CT molecular complexity index is 866. The first-order valence-corrected chi connectivity index (χ1v) is 7.24. The molecule has 0 saturated carbocycles. The number of nitrogen functional groups attached to an aromatic ring is 1. The van der Waals surface area contributed by atoms with E-state index in [1.54, 1.807) is 27.7 Å². The number of nitrogens with zero attached hydrogens (tertiary/aromatic N) is 4. The summed E-state index contributed by atoms with van der Waals surface area (Å²) >= 11 is 0. The normalized spacial score (nSPS) is 12.6. The second-order valence-corrected chi connectivity index (χ2v) is 5.16. The van der Waals surface area contributed by atoms with Crippen molar-refractivity contribution in [2.24, 2.45) is 5.73 Å². The first kappa shape index (κ1) is 15.0. The van der Waals surface area contributed by atoms with Crippen LogP contribution < -0.4 is 11.5 Å². The van der Waals surface area contributed by atoms with E-state index in [1.807, 2.05) is 20.0 Å². The first-order chi connectivity index (χ1) is 11.0. The van der Waals surface area contributed by atoms with Gasteiger partial charge in [0.1, 0.15) is 6.23 Å². The number of hydrogen-bond donors (Lipinski definition) is 2. The van der Waals surface area contributed by atoms with E-state index in [-0.39, 0.29) is 6.23 Å².